The molecule has 104 valence electrons. The highest BCUT2D eigenvalue weighted by Crippen LogP contribution is 2.21. The Morgan fingerprint density at radius 2 is 2.11 bits per heavy atom. The van der Waals surface area contributed by atoms with Crippen LogP contribution in [0.1, 0.15) is 17.7 Å². The lowest BCUT2D eigenvalue weighted by Crippen LogP contribution is -2.24. The highest BCUT2D eigenvalue weighted by Gasteiger charge is 2.15. The molecule has 0 aliphatic rings. The number of sulfonamides is 1. The van der Waals surface area contributed by atoms with Gasteiger partial charge in [-0.05, 0) is 32.0 Å². The van der Waals surface area contributed by atoms with Gasteiger partial charge in [0.05, 0.1) is 0 Å². The minimum Gasteiger partial charge on any atom is -0.385 e. The molecule has 0 radical (unpaired) electrons. The molecule has 1 aromatic heterocycles. The number of rotatable bonds is 9. The van der Waals surface area contributed by atoms with Crippen LogP contribution in [0, 0.1) is 0 Å². The van der Waals surface area contributed by atoms with Crippen molar-refractivity contribution in [3.05, 3.63) is 17.0 Å². The molecule has 0 saturated carbocycles. The fourth-order valence-electron chi connectivity index (χ4n) is 1.42. The van der Waals surface area contributed by atoms with Gasteiger partial charge in [-0.15, -0.1) is 11.3 Å². The third-order valence-corrected chi connectivity index (χ3v) is 5.36. The van der Waals surface area contributed by atoms with Crippen molar-refractivity contribution in [3.63, 3.8) is 0 Å². The van der Waals surface area contributed by atoms with Crippen molar-refractivity contribution >= 4 is 21.4 Å². The lowest BCUT2D eigenvalue weighted by atomic mass is 10.3. The maximum atomic E-state index is 11.9. The second kappa shape index (κ2) is 7.85. The first kappa shape index (κ1) is 15.6. The van der Waals surface area contributed by atoms with Crippen LogP contribution in [0.2, 0.25) is 0 Å². The highest BCUT2D eigenvalue weighted by molar-refractivity contribution is 7.91. The van der Waals surface area contributed by atoms with E-state index < -0.39 is 10.0 Å². The summed E-state index contributed by atoms with van der Waals surface area (Å²) in [5, 5.41) is 3.00. The third-order valence-electron chi connectivity index (χ3n) is 2.32. The third kappa shape index (κ3) is 5.03. The molecule has 1 aromatic rings. The molecule has 7 heteroatoms. The zero-order chi connectivity index (χ0) is 13.4. The van der Waals surface area contributed by atoms with Gasteiger partial charge < -0.3 is 10.1 Å². The van der Waals surface area contributed by atoms with Crippen LogP contribution < -0.4 is 10.0 Å². The maximum absolute atomic E-state index is 11.9. The molecular weight excluding hydrogens is 272 g/mol. The lowest BCUT2D eigenvalue weighted by Gasteiger charge is -2.04. The van der Waals surface area contributed by atoms with Crippen molar-refractivity contribution in [1.82, 2.24) is 10.0 Å². The number of hydrogen-bond donors (Lipinski definition) is 2. The van der Waals surface area contributed by atoms with Crippen LogP contribution in [-0.2, 0) is 21.3 Å². The zero-order valence-electron chi connectivity index (χ0n) is 10.7. The molecule has 0 amide bonds. The minimum absolute atomic E-state index is 0.375. The normalized spacial score (nSPS) is 11.9. The summed E-state index contributed by atoms with van der Waals surface area (Å²) in [6, 6.07) is 3.48. The van der Waals surface area contributed by atoms with Crippen molar-refractivity contribution in [1.29, 1.82) is 0 Å². The molecule has 18 heavy (non-hydrogen) atoms. The van der Waals surface area contributed by atoms with Crippen molar-refractivity contribution in [3.8, 4) is 0 Å². The Morgan fingerprint density at radius 3 is 2.78 bits per heavy atom. The Balaban J connectivity index is 2.46. The topological polar surface area (TPSA) is 67.4 Å². The standard InChI is InChI=1S/C11H20N2O3S2/c1-12-9-10-5-6-11(17-10)18(14,15)13-7-3-4-8-16-2/h5-6,12-13H,3-4,7-9H2,1-2H3. The molecule has 0 aromatic carbocycles. The summed E-state index contributed by atoms with van der Waals surface area (Å²) in [4.78, 5) is 1.01. The highest BCUT2D eigenvalue weighted by atomic mass is 32.2. The van der Waals surface area contributed by atoms with Gasteiger partial charge in [0, 0.05) is 31.7 Å². The first-order chi connectivity index (χ1) is 8.60. The second-order valence-corrected chi connectivity index (χ2v) is 7.01. The van der Waals surface area contributed by atoms with E-state index in [4.69, 9.17) is 4.74 Å². The smallest absolute Gasteiger partial charge is 0.250 e. The Morgan fingerprint density at radius 1 is 1.33 bits per heavy atom. The SMILES string of the molecule is CNCc1ccc(S(=O)(=O)NCCCCOC)s1. The summed E-state index contributed by atoms with van der Waals surface area (Å²) in [6.45, 7) is 1.80. The van der Waals surface area contributed by atoms with Gasteiger partial charge in [0.2, 0.25) is 10.0 Å². The summed E-state index contributed by atoms with van der Waals surface area (Å²) in [5.41, 5.74) is 0. The Kier molecular flexibility index (Phi) is 6.80. The van der Waals surface area contributed by atoms with E-state index in [0.717, 1.165) is 17.7 Å². The monoisotopic (exact) mass is 292 g/mol. The van der Waals surface area contributed by atoms with Crippen LogP contribution in [0.25, 0.3) is 0 Å². The molecule has 0 aliphatic carbocycles. The van der Waals surface area contributed by atoms with Crippen LogP contribution >= 0.6 is 11.3 Å². The average molecular weight is 292 g/mol. The molecule has 0 aliphatic heterocycles. The number of ether oxygens (including phenoxy) is 1. The van der Waals surface area contributed by atoms with E-state index in [-0.39, 0.29) is 0 Å². The van der Waals surface area contributed by atoms with Gasteiger partial charge in [-0.25, -0.2) is 13.1 Å². The summed E-state index contributed by atoms with van der Waals surface area (Å²) in [5.74, 6) is 0. The molecule has 1 heterocycles. The van der Waals surface area contributed by atoms with Crippen LogP contribution in [-0.4, -0.2) is 35.7 Å². The quantitative estimate of drug-likeness (QED) is 0.671. The van der Waals surface area contributed by atoms with Crippen molar-refractivity contribution in [2.75, 3.05) is 27.3 Å². The van der Waals surface area contributed by atoms with Crippen molar-refractivity contribution in [2.24, 2.45) is 0 Å². The van der Waals surface area contributed by atoms with Crippen LogP contribution in [0.15, 0.2) is 16.3 Å². The van der Waals surface area contributed by atoms with Crippen LogP contribution in [0.4, 0.5) is 0 Å². The molecule has 2 N–H and O–H groups in total. The van der Waals surface area contributed by atoms with E-state index in [0.29, 0.717) is 23.9 Å². The fraction of sp³-hybridized carbons (Fsp3) is 0.636. The van der Waals surface area contributed by atoms with Gasteiger partial charge >= 0.3 is 0 Å². The van der Waals surface area contributed by atoms with E-state index in [9.17, 15) is 8.42 Å². The lowest BCUT2D eigenvalue weighted by molar-refractivity contribution is 0.193. The van der Waals surface area contributed by atoms with Gasteiger partial charge in [-0.2, -0.15) is 0 Å². The summed E-state index contributed by atoms with van der Waals surface area (Å²) in [7, 11) is 0.128. The number of unbranched alkanes of at least 4 members (excludes halogenated alkanes) is 1. The van der Waals surface area contributed by atoms with E-state index in [1.807, 2.05) is 13.1 Å². The van der Waals surface area contributed by atoms with E-state index in [1.165, 1.54) is 11.3 Å². The molecule has 0 saturated heterocycles. The minimum atomic E-state index is -3.35. The molecule has 0 atom stereocenters. The van der Waals surface area contributed by atoms with Gasteiger partial charge in [-0.3, -0.25) is 0 Å². The van der Waals surface area contributed by atoms with E-state index >= 15 is 0 Å². The number of hydrogen-bond acceptors (Lipinski definition) is 5. The zero-order valence-corrected chi connectivity index (χ0v) is 12.4. The predicted octanol–water partition coefficient (Wildman–Crippen LogP) is 1.17. The Labute approximate surface area is 113 Å². The molecule has 0 bridgehead atoms. The first-order valence-electron chi connectivity index (χ1n) is 5.82. The largest absolute Gasteiger partial charge is 0.385 e. The summed E-state index contributed by atoms with van der Waals surface area (Å²) < 4.78 is 31.7. The van der Waals surface area contributed by atoms with Crippen LogP contribution in [0.5, 0.6) is 0 Å². The van der Waals surface area contributed by atoms with Gasteiger partial charge in [0.15, 0.2) is 0 Å². The molecule has 0 unspecified atom stereocenters. The fourth-order valence-corrected chi connectivity index (χ4v) is 3.91. The Hall–Kier alpha value is -0.470. The number of nitrogens with one attached hydrogen (secondary N) is 2. The van der Waals surface area contributed by atoms with Gasteiger partial charge in [0.1, 0.15) is 4.21 Å². The summed E-state index contributed by atoms with van der Waals surface area (Å²) in [6.07, 6.45) is 1.64. The number of methoxy groups -OCH3 is 1. The van der Waals surface area contributed by atoms with Crippen LogP contribution in [0.3, 0.4) is 0 Å². The molecular formula is C11H20N2O3S2. The maximum Gasteiger partial charge on any atom is 0.250 e. The van der Waals surface area contributed by atoms with E-state index in [1.54, 1.807) is 13.2 Å². The molecule has 1 rings (SSSR count). The average Bonchev–Trinajstić information content (AvgIpc) is 2.79. The van der Waals surface area contributed by atoms with Crippen molar-refractivity contribution < 1.29 is 13.2 Å². The first-order valence-corrected chi connectivity index (χ1v) is 8.12. The van der Waals surface area contributed by atoms with E-state index in [2.05, 4.69) is 10.0 Å². The molecule has 0 spiro atoms. The van der Waals surface area contributed by atoms with Gasteiger partial charge in [0.25, 0.3) is 0 Å². The second-order valence-electron chi connectivity index (χ2n) is 3.85. The molecule has 5 nitrogen and oxygen atoms in total. The summed E-state index contributed by atoms with van der Waals surface area (Å²) >= 11 is 1.30. The Bertz CT molecular complexity index is 443. The number of thiophene rings is 1. The van der Waals surface area contributed by atoms with Gasteiger partial charge in [-0.1, -0.05) is 0 Å². The van der Waals surface area contributed by atoms with Crippen molar-refractivity contribution in [2.45, 2.75) is 23.6 Å². The predicted molar refractivity (Wildman–Crippen MR) is 73.4 cm³/mol. The molecule has 0 fully saturated rings.